The van der Waals surface area contributed by atoms with Gasteiger partial charge in [-0.25, -0.2) is 0 Å². The van der Waals surface area contributed by atoms with E-state index in [1.165, 1.54) is 31.2 Å². The molecule has 3 heteroatoms. The lowest BCUT2D eigenvalue weighted by molar-refractivity contribution is 0.184. The second-order valence-electron chi connectivity index (χ2n) is 5.91. The van der Waals surface area contributed by atoms with Crippen LogP contribution in [0.5, 0.6) is 0 Å². The van der Waals surface area contributed by atoms with Gasteiger partial charge in [-0.2, -0.15) is 0 Å². The van der Waals surface area contributed by atoms with Crippen molar-refractivity contribution in [3.63, 3.8) is 0 Å². The first-order valence-electron chi connectivity index (χ1n) is 7.73. The second kappa shape index (κ2) is 7.11. The number of hydrogen-bond donors (Lipinski definition) is 1. The Morgan fingerprint density at radius 3 is 2.74 bits per heavy atom. The number of hydrogen-bond acceptors (Lipinski definition) is 3. The fraction of sp³-hybridized carbons (Fsp3) is 0.750. The third-order valence-corrected chi connectivity index (χ3v) is 4.13. The lowest BCUT2D eigenvalue weighted by Crippen LogP contribution is -2.33. The molecule has 0 spiro atoms. The van der Waals surface area contributed by atoms with Gasteiger partial charge in [0.15, 0.2) is 0 Å². The van der Waals surface area contributed by atoms with E-state index in [1.54, 1.807) is 0 Å². The summed E-state index contributed by atoms with van der Waals surface area (Å²) in [6.07, 6.45) is 7.32. The van der Waals surface area contributed by atoms with Crippen LogP contribution in [0, 0.1) is 0 Å². The van der Waals surface area contributed by atoms with E-state index in [2.05, 4.69) is 37.1 Å². The Kier molecular flexibility index (Phi) is 5.46. The molecule has 1 aliphatic carbocycles. The van der Waals surface area contributed by atoms with Crippen LogP contribution in [0.2, 0.25) is 0 Å². The predicted octanol–water partition coefficient (Wildman–Crippen LogP) is 3.54. The van der Waals surface area contributed by atoms with Crippen molar-refractivity contribution in [3.8, 4) is 0 Å². The molecule has 2 rings (SSSR count). The van der Waals surface area contributed by atoms with E-state index in [0.29, 0.717) is 6.04 Å². The van der Waals surface area contributed by atoms with Crippen LogP contribution < -0.4 is 5.32 Å². The number of nitrogens with one attached hydrogen (secondary N) is 1. The smallest absolute Gasteiger partial charge is 0.122 e. The molecule has 1 aromatic rings. The van der Waals surface area contributed by atoms with Gasteiger partial charge < -0.3 is 9.73 Å². The summed E-state index contributed by atoms with van der Waals surface area (Å²) >= 11 is 0. The van der Waals surface area contributed by atoms with E-state index < -0.39 is 0 Å². The summed E-state index contributed by atoms with van der Waals surface area (Å²) in [5, 5.41) is 3.47. The van der Waals surface area contributed by atoms with Gasteiger partial charge in [0, 0.05) is 24.2 Å². The van der Waals surface area contributed by atoms with Crippen molar-refractivity contribution in [1.29, 1.82) is 0 Å². The molecule has 0 aliphatic heterocycles. The van der Waals surface area contributed by atoms with Gasteiger partial charge in [0.05, 0.1) is 12.8 Å². The van der Waals surface area contributed by atoms with Crippen LogP contribution in [0.4, 0.5) is 0 Å². The largest absolute Gasteiger partial charge is 0.468 e. The Morgan fingerprint density at radius 2 is 2.11 bits per heavy atom. The maximum atomic E-state index is 5.71. The Labute approximate surface area is 117 Å². The van der Waals surface area contributed by atoms with Crippen molar-refractivity contribution in [1.82, 2.24) is 10.2 Å². The Balaban J connectivity index is 1.95. The summed E-state index contributed by atoms with van der Waals surface area (Å²) in [6, 6.07) is 3.38. The van der Waals surface area contributed by atoms with Crippen LogP contribution in [-0.2, 0) is 13.1 Å². The van der Waals surface area contributed by atoms with E-state index in [-0.39, 0.29) is 0 Å². The van der Waals surface area contributed by atoms with Gasteiger partial charge in [-0.3, -0.25) is 4.90 Å². The molecule has 1 fully saturated rings. The van der Waals surface area contributed by atoms with Crippen molar-refractivity contribution in [2.24, 2.45) is 0 Å². The van der Waals surface area contributed by atoms with E-state index in [9.17, 15) is 0 Å². The Morgan fingerprint density at radius 1 is 1.37 bits per heavy atom. The lowest BCUT2D eigenvalue weighted by Gasteiger charge is -2.26. The molecule has 108 valence electrons. The minimum atomic E-state index is 0.514. The molecule has 3 nitrogen and oxygen atoms in total. The normalized spacial score (nSPS) is 16.9. The Bertz CT molecular complexity index is 367. The first-order valence-corrected chi connectivity index (χ1v) is 7.73. The average Bonchev–Trinajstić information content (AvgIpc) is 3.04. The summed E-state index contributed by atoms with van der Waals surface area (Å²) in [5.41, 5.74) is 1.31. The van der Waals surface area contributed by atoms with Gasteiger partial charge in [0.1, 0.15) is 5.76 Å². The zero-order chi connectivity index (χ0) is 13.7. The molecule has 1 N–H and O–H groups in total. The summed E-state index contributed by atoms with van der Waals surface area (Å²) in [7, 11) is 0. The zero-order valence-electron chi connectivity index (χ0n) is 12.6. The molecule has 1 aromatic heterocycles. The molecule has 0 atom stereocenters. The van der Waals surface area contributed by atoms with Gasteiger partial charge in [-0.05, 0) is 25.5 Å². The van der Waals surface area contributed by atoms with Crippen molar-refractivity contribution in [3.05, 3.63) is 23.7 Å². The van der Waals surface area contributed by atoms with Crippen LogP contribution in [0.15, 0.2) is 16.7 Å². The quantitative estimate of drug-likeness (QED) is 0.816. The first-order chi connectivity index (χ1) is 9.20. The highest BCUT2D eigenvalue weighted by molar-refractivity contribution is 5.17. The van der Waals surface area contributed by atoms with Crippen LogP contribution in [0.1, 0.15) is 57.8 Å². The monoisotopic (exact) mass is 264 g/mol. The predicted molar refractivity (Wildman–Crippen MR) is 79.0 cm³/mol. The topological polar surface area (TPSA) is 28.4 Å². The molecule has 1 aliphatic rings. The van der Waals surface area contributed by atoms with Crippen molar-refractivity contribution >= 4 is 0 Å². The fourth-order valence-corrected chi connectivity index (χ4v) is 2.93. The molecule has 0 aromatic carbocycles. The first kappa shape index (κ1) is 14.6. The highest BCUT2D eigenvalue weighted by atomic mass is 16.3. The molecular formula is C16H28N2O. The van der Waals surface area contributed by atoms with Gasteiger partial charge >= 0.3 is 0 Å². The van der Waals surface area contributed by atoms with E-state index in [0.717, 1.165) is 31.4 Å². The molecule has 19 heavy (non-hydrogen) atoms. The van der Waals surface area contributed by atoms with Gasteiger partial charge in [-0.15, -0.1) is 0 Å². The van der Waals surface area contributed by atoms with Crippen LogP contribution >= 0.6 is 0 Å². The Hall–Kier alpha value is -0.800. The zero-order valence-corrected chi connectivity index (χ0v) is 12.6. The average molecular weight is 264 g/mol. The van der Waals surface area contributed by atoms with Gasteiger partial charge in [0.2, 0.25) is 0 Å². The van der Waals surface area contributed by atoms with E-state index >= 15 is 0 Å². The minimum absolute atomic E-state index is 0.514. The lowest BCUT2D eigenvalue weighted by atomic mass is 10.1. The molecule has 1 saturated carbocycles. The SMILES string of the molecule is CCN(Cc1occc1CNC(C)C)C1CCCC1. The molecule has 0 unspecified atom stereocenters. The van der Waals surface area contributed by atoms with Crippen molar-refractivity contribution in [2.45, 2.75) is 71.6 Å². The molecule has 0 bridgehead atoms. The maximum Gasteiger partial charge on any atom is 0.122 e. The number of nitrogens with zero attached hydrogens (tertiary/aromatic N) is 1. The summed E-state index contributed by atoms with van der Waals surface area (Å²) in [4.78, 5) is 2.57. The van der Waals surface area contributed by atoms with Crippen molar-refractivity contribution < 1.29 is 4.42 Å². The highest BCUT2D eigenvalue weighted by Gasteiger charge is 2.22. The van der Waals surface area contributed by atoms with E-state index in [1.807, 2.05) is 6.26 Å². The molecular weight excluding hydrogens is 236 g/mol. The van der Waals surface area contributed by atoms with Gasteiger partial charge in [-0.1, -0.05) is 33.6 Å². The van der Waals surface area contributed by atoms with Crippen molar-refractivity contribution in [2.75, 3.05) is 6.54 Å². The molecule has 0 saturated heterocycles. The standard InChI is InChI=1S/C16H28N2O/c1-4-18(15-7-5-6-8-15)12-16-14(9-10-19-16)11-17-13(2)3/h9-10,13,15,17H,4-8,11-12H2,1-3H3. The third-order valence-electron chi connectivity index (χ3n) is 4.13. The molecule has 0 amide bonds. The second-order valence-corrected chi connectivity index (χ2v) is 5.91. The third kappa shape index (κ3) is 4.08. The summed E-state index contributed by atoms with van der Waals surface area (Å²) in [5.74, 6) is 1.14. The van der Waals surface area contributed by atoms with Crippen LogP contribution in [-0.4, -0.2) is 23.5 Å². The maximum absolute atomic E-state index is 5.71. The number of furan rings is 1. The van der Waals surface area contributed by atoms with Gasteiger partial charge in [0.25, 0.3) is 0 Å². The fourth-order valence-electron chi connectivity index (χ4n) is 2.93. The molecule has 1 heterocycles. The summed E-state index contributed by atoms with van der Waals surface area (Å²) < 4.78 is 5.71. The minimum Gasteiger partial charge on any atom is -0.468 e. The van der Waals surface area contributed by atoms with E-state index in [4.69, 9.17) is 4.42 Å². The number of rotatable bonds is 7. The van der Waals surface area contributed by atoms with Crippen LogP contribution in [0.25, 0.3) is 0 Å². The molecule has 0 radical (unpaired) electrons. The van der Waals surface area contributed by atoms with Crippen LogP contribution in [0.3, 0.4) is 0 Å². The summed E-state index contributed by atoms with van der Waals surface area (Å²) in [6.45, 7) is 9.60. The highest BCUT2D eigenvalue weighted by Crippen LogP contribution is 2.25.